The van der Waals surface area contributed by atoms with Crippen LogP contribution in [0, 0.1) is 5.82 Å². The molecule has 1 aliphatic heterocycles. The number of halogens is 1. The fourth-order valence-corrected chi connectivity index (χ4v) is 3.12. The van der Waals surface area contributed by atoms with E-state index in [1.807, 2.05) is 0 Å². The second-order valence-electron chi connectivity index (χ2n) is 5.79. The molecule has 1 aliphatic rings. The SMILES string of the molecule is O=C(c1cc2cc(F)ccc2oc1=O)N1CCCCC1CCO. The Labute approximate surface area is 132 Å². The van der Waals surface area contributed by atoms with E-state index in [9.17, 15) is 14.0 Å². The fourth-order valence-electron chi connectivity index (χ4n) is 3.12. The predicted molar refractivity (Wildman–Crippen MR) is 82.8 cm³/mol. The van der Waals surface area contributed by atoms with Crippen molar-refractivity contribution in [3.05, 3.63) is 46.1 Å². The number of fused-ring (bicyclic) bond motifs is 1. The summed E-state index contributed by atoms with van der Waals surface area (Å²) in [7, 11) is 0. The Kier molecular flexibility index (Phi) is 4.43. The minimum atomic E-state index is -0.720. The first-order valence-corrected chi connectivity index (χ1v) is 7.75. The van der Waals surface area contributed by atoms with Gasteiger partial charge < -0.3 is 14.4 Å². The highest BCUT2D eigenvalue weighted by Crippen LogP contribution is 2.22. The molecule has 3 rings (SSSR count). The smallest absolute Gasteiger partial charge is 0.349 e. The molecule has 122 valence electrons. The Balaban J connectivity index is 1.99. The van der Waals surface area contributed by atoms with Crippen LogP contribution >= 0.6 is 0 Å². The van der Waals surface area contributed by atoms with Crippen LogP contribution in [0.3, 0.4) is 0 Å². The van der Waals surface area contributed by atoms with Gasteiger partial charge in [0.2, 0.25) is 0 Å². The van der Waals surface area contributed by atoms with Gasteiger partial charge in [0.05, 0.1) is 0 Å². The van der Waals surface area contributed by atoms with Gasteiger partial charge in [0.15, 0.2) is 0 Å². The number of nitrogens with zero attached hydrogens (tertiary/aromatic N) is 1. The number of benzene rings is 1. The zero-order valence-corrected chi connectivity index (χ0v) is 12.6. The maximum atomic E-state index is 13.3. The number of carbonyl (C=O) groups is 1. The first kappa shape index (κ1) is 15.7. The summed E-state index contributed by atoms with van der Waals surface area (Å²) in [5.74, 6) is -0.871. The van der Waals surface area contributed by atoms with E-state index in [-0.39, 0.29) is 23.8 Å². The van der Waals surface area contributed by atoms with Crippen LogP contribution in [0.2, 0.25) is 0 Å². The highest BCUT2D eigenvalue weighted by atomic mass is 19.1. The molecule has 0 aliphatic carbocycles. The van der Waals surface area contributed by atoms with Gasteiger partial charge in [0.1, 0.15) is 17.0 Å². The summed E-state index contributed by atoms with van der Waals surface area (Å²) < 4.78 is 18.5. The predicted octanol–water partition coefficient (Wildman–Crippen LogP) is 2.31. The lowest BCUT2D eigenvalue weighted by atomic mass is 9.98. The van der Waals surface area contributed by atoms with Crippen LogP contribution in [0.15, 0.2) is 33.5 Å². The number of hydrogen-bond donors (Lipinski definition) is 1. The van der Waals surface area contributed by atoms with Crippen LogP contribution in [0.5, 0.6) is 0 Å². The van der Waals surface area contributed by atoms with Crippen molar-refractivity contribution in [2.75, 3.05) is 13.2 Å². The molecule has 1 fully saturated rings. The van der Waals surface area contributed by atoms with Crippen LogP contribution in [-0.2, 0) is 0 Å². The maximum Gasteiger partial charge on any atom is 0.349 e. The van der Waals surface area contributed by atoms with Crippen molar-refractivity contribution in [3.63, 3.8) is 0 Å². The van der Waals surface area contributed by atoms with E-state index in [1.165, 1.54) is 24.3 Å². The van der Waals surface area contributed by atoms with Crippen LogP contribution in [0.1, 0.15) is 36.0 Å². The molecular weight excluding hydrogens is 301 g/mol. The van der Waals surface area contributed by atoms with Gasteiger partial charge in [-0.2, -0.15) is 0 Å². The zero-order valence-electron chi connectivity index (χ0n) is 12.6. The molecule has 0 bridgehead atoms. The van der Waals surface area contributed by atoms with Crippen LogP contribution in [0.4, 0.5) is 4.39 Å². The molecule has 1 N–H and O–H groups in total. The van der Waals surface area contributed by atoms with Crippen molar-refractivity contribution in [1.82, 2.24) is 4.90 Å². The number of likely N-dealkylation sites (tertiary alicyclic amines) is 1. The Morgan fingerprint density at radius 2 is 2.17 bits per heavy atom. The molecule has 1 aromatic heterocycles. The third-order valence-electron chi connectivity index (χ3n) is 4.27. The summed E-state index contributed by atoms with van der Waals surface area (Å²) in [5.41, 5.74) is -0.561. The molecule has 2 heterocycles. The molecule has 0 radical (unpaired) electrons. The van der Waals surface area contributed by atoms with Gasteiger partial charge in [-0.1, -0.05) is 0 Å². The summed E-state index contributed by atoms with van der Waals surface area (Å²) in [6.45, 7) is 0.538. The molecule has 1 amide bonds. The van der Waals surface area contributed by atoms with Crippen molar-refractivity contribution < 1.29 is 18.7 Å². The minimum Gasteiger partial charge on any atom is -0.422 e. The fraction of sp³-hybridized carbons (Fsp3) is 0.412. The normalized spacial score (nSPS) is 18.3. The molecule has 6 heteroatoms. The summed E-state index contributed by atoms with van der Waals surface area (Å²) in [4.78, 5) is 26.5. The van der Waals surface area contributed by atoms with Gasteiger partial charge in [0.25, 0.3) is 5.91 Å². The Hall–Kier alpha value is -2.21. The highest BCUT2D eigenvalue weighted by molar-refractivity contribution is 5.96. The van der Waals surface area contributed by atoms with E-state index >= 15 is 0 Å². The first-order valence-electron chi connectivity index (χ1n) is 7.75. The second-order valence-corrected chi connectivity index (χ2v) is 5.79. The van der Waals surface area contributed by atoms with Crippen molar-refractivity contribution in [2.24, 2.45) is 0 Å². The number of rotatable bonds is 3. The van der Waals surface area contributed by atoms with E-state index in [0.717, 1.165) is 19.3 Å². The molecule has 1 atom stereocenters. The molecule has 5 nitrogen and oxygen atoms in total. The van der Waals surface area contributed by atoms with E-state index < -0.39 is 17.3 Å². The number of aliphatic hydroxyl groups is 1. The van der Waals surface area contributed by atoms with E-state index in [2.05, 4.69) is 0 Å². The summed E-state index contributed by atoms with van der Waals surface area (Å²) in [6, 6.07) is 5.11. The molecule has 1 unspecified atom stereocenters. The van der Waals surface area contributed by atoms with Crippen molar-refractivity contribution in [3.8, 4) is 0 Å². The van der Waals surface area contributed by atoms with E-state index in [4.69, 9.17) is 9.52 Å². The van der Waals surface area contributed by atoms with E-state index in [1.54, 1.807) is 4.90 Å². The number of amides is 1. The van der Waals surface area contributed by atoms with E-state index in [0.29, 0.717) is 18.4 Å². The van der Waals surface area contributed by atoms with Crippen molar-refractivity contribution in [1.29, 1.82) is 0 Å². The molecule has 1 aromatic carbocycles. The average molecular weight is 319 g/mol. The van der Waals surface area contributed by atoms with Gasteiger partial charge in [-0.25, -0.2) is 9.18 Å². The maximum absolute atomic E-state index is 13.3. The Morgan fingerprint density at radius 3 is 2.96 bits per heavy atom. The van der Waals surface area contributed by atoms with Gasteiger partial charge in [-0.15, -0.1) is 0 Å². The highest BCUT2D eigenvalue weighted by Gasteiger charge is 2.29. The average Bonchev–Trinajstić information content (AvgIpc) is 2.55. The Morgan fingerprint density at radius 1 is 1.35 bits per heavy atom. The molecule has 2 aromatic rings. The molecule has 1 saturated heterocycles. The quantitative estimate of drug-likeness (QED) is 0.881. The topological polar surface area (TPSA) is 70.8 Å². The van der Waals surface area contributed by atoms with Crippen molar-refractivity contribution >= 4 is 16.9 Å². The summed E-state index contributed by atoms with van der Waals surface area (Å²) in [6.07, 6.45) is 3.15. The van der Waals surface area contributed by atoms with Crippen LogP contribution < -0.4 is 5.63 Å². The number of piperidine rings is 1. The van der Waals surface area contributed by atoms with Crippen LogP contribution in [0.25, 0.3) is 11.0 Å². The second kappa shape index (κ2) is 6.50. The lowest BCUT2D eigenvalue weighted by Gasteiger charge is -2.35. The molecule has 0 saturated carbocycles. The summed E-state index contributed by atoms with van der Waals surface area (Å²) in [5, 5.41) is 9.53. The molecule has 23 heavy (non-hydrogen) atoms. The minimum absolute atomic E-state index is 0.00795. The molecular formula is C17H18FNO4. The van der Waals surface area contributed by atoms with Gasteiger partial charge in [-0.3, -0.25) is 4.79 Å². The third-order valence-corrected chi connectivity index (χ3v) is 4.27. The van der Waals surface area contributed by atoms with Crippen molar-refractivity contribution in [2.45, 2.75) is 31.7 Å². The number of hydrogen-bond acceptors (Lipinski definition) is 4. The van der Waals surface area contributed by atoms with Gasteiger partial charge in [-0.05, 0) is 49.9 Å². The van der Waals surface area contributed by atoms with Gasteiger partial charge >= 0.3 is 5.63 Å². The Bertz CT molecular complexity index is 784. The third kappa shape index (κ3) is 3.12. The lowest BCUT2D eigenvalue weighted by molar-refractivity contribution is 0.0570. The monoisotopic (exact) mass is 319 g/mol. The number of carbonyl (C=O) groups excluding carboxylic acids is 1. The lowest BCUT2D eigenvalue weighted by Crippen LogP contribution is -2.45. The van der Waals surface area contributed by atoms with Crippen LogP contribution in [-0.4, -0.2) is 35.1 Å². The van der Waals surface area contributed by atoms with Gasteiger partial charge in [0, 0.05) is 24.6 Å². The zero-order chi connectivity index (χ0) is 16.4. The molecule has 0 spiro atoms. The largest absolute Gasteiger partial charge is 0.422 e. The number of aliphatic hydroxyl groups excluding tert-OH is 1. The standard InChI is InChI=1S/C17H18FNO4/c18-12-4-5-15-11(9-12)10-14(17(22)23-15)16(21)19-7-2-1-3-13(19)6-8-20/h4-5,9-10,13,20H,1-3,6-8H2. The summed E-state index contributed by atoms with van der Waals surface area (Å²) >= 11 is 0. The first-order chi connectivity index (χ1) is 11.1.